The quantitative estimate of drug-likeness (QED) is 0.805. The van der Waals surface area contributed by atoms with Crippen molar-refractivity contribution >= 4 is 10.0 Å². The zero-order valence-corrected chi connectivity index (χ0v) is 10.6. The highest BCUT2D eigenvalue weighted by Crippen LogP contribution is 2.18. The maximum Gasteiger partial charge on any atom is 0.211 e. The average Bonchev–Trinajstić information content (AvgIpc) is 2.29. The molecule has 94 valence electrons. The fourth-order valence-electron chi connectivity index (χ4n) is 1.91. The van der Waals surface area contributed by atoms with Crippen LogP contribution in [0.3, 0.4) is 0 Å². The highest BCUT2D eigenvalue weighted by Gasteiger charge is 2.26. The van der Waals surface area contributed by atoms with Crippen LogP contribution in [0.1, 0.15) is 12.8 Å². The standard InChI is InChI=1S/C11H16N2O3S/c1-17(14,15)13-8-2-3-11(9-13)16-10-4-6-12-7-5-10/h4-7,11H,2-3,8-9H2,1H3. The zero-order chi connectivity index (χ0) is 12.3. The summed E-state index contributed by atoms with van der Waals surface area (Å²) in [6.45, 7) is 1.02. The summed E-state index contributed by atoms with van der Waals surface area (Å²) >= 11 is 0. The SMILES string of the molecule is CS(=O)(=O)N1CCCC(Oc2ccncc2)C1. The molecule has 1 aromatic heterocycles. The van der Waals surface area contributed by atoms with Crippen molar-refractivity contribution in [1.29, 1.82) is 0 Å². The molecule has 0 radical (unpaired) electrons. The Morgan fingerprint density at radius 2 is 2.12 bits per heavy atom. The highest BCUT2D eigenvalue weighted by molar-refractivity contribution is 7.88. The molecule has 0 amide bonds. The van der Waals surface area contributed by atoms with Gasteiger partial charge in [-0.25, -0.2) is 8.42 Å². The number of pyridine rings is 1. The first-order valence-corrected chi connectivity index (χ1v) is 7.42. The van der Waals surface area contributed by atoms with Gasteiger partial charge in [0.25, 0.3) is 0 Å². The highest BCUT2D eigenvalue weighted by atomic mass is 32.2. The Morgan fingerprint density at radius 3 is 2.76 bits per heavy atom. The van der Waals surface area contributed by atoms with E-state index in [4.69, 9.17) is 4.74 Å². The second-order valence-corrected chi connectivity index (χ2v) is 6.17. The molecule has 17 heavy (non-hydrogen) atoms. The Hall–Kier alpha value is -1.14. The number of hydrogen-bond acceptors (Lipinski definition) is 4. The van der Waals surface area contributed by atoms with Gasteiger partial charge in [-0.2, -0.15) is 4.31 Å². The van der Waals surface area contributed by atoms with Crippen molar-refractivity contribution in [2.75, 3.05) is 19.3 Å². The molecule has 1 fully saturated rings. The molecular weight excluding hydrogens is 240 g/mol. The molecule has 0 N–H and O–H groups in total. The first-order valence-electron chi connectivity index (χ1n) is 5.57. The van der Waals surface area contributed by atoms with Crippen LogP contribution in [-0.2, 0) is 10.0 Å². The Balaban J connectivity index is 1.99. The second-order valence-electron chi connectivity index (χ2n) is 4.19. The lowest BCUT2D eigenvalue weighted by molar-refractivity contribution is 0.130. The lowest BCUT2D eigenvalue weighted by Crippen LogP contribution is -2.43. The summed E-state index contributed by atoms with van der Waals surface area (Å²) in [7, 11) is -3.11. The van der Waals surface area contributed by atoms with Gasteiger partial charge in [-0.1, -0.05) is 0 Å². The van der Waals surface area contributed by atoms with E-state index in [9.17, 15) is 8.42 Å². The van der Waals surface area contributed by atoms with Crippen molar-refractivity contribution in [3.05, 3.63) is 24.5 Å². The molecule has 1 aliphatic heterocycles. The molecule has 0 saturated carbocycles. The van der Waals surface area contributed by atoms with Crippen LogP contribution in [0.15, 0.2) is 24.5 Å². The van der Waals surface area contributed by atoms with Gasteiger partial charge >= 0.3 is 0 Å². The number of rotatable bonds is 3. The summed E-state index contributed by atoms with van der Waals surface area (Å²) in [5.74, 6) is 0.736. The predicted molar refractivity (Wildman–Crippen MR) is 64.3 cm³/mol. The van der Waals surface area contributed by atoms with Gasteiger partial charge in [0.2, 0.25) is 10.0 Å². The summed E-state index contributed by atoms with van der Waals surface area (Å²) in [4.78, 5) is 3.91. The van der Waals surface area contributed by atoms with Gasteiger partial charge in [-0.05, 0) is 25.0 Å². The maximum absolute atomic E-state index is 11.4. The second kappa shape index (κ2) is 5.01. The molecule has 2 heterocycles. The van der Waals surface area contributed by atoms with Gasteiger partial charge in [0.1, 0.15) is 11.9 Å². The van der Waals surface area contributed by atoms with Crippen LogP contribution in [0, 0.1) is 0 Å². The number of piperidine rings is 1. The molecule has 0 aromatic carbocycles. The third kappa shape index (κ3) is 3.41. The number of hydrogen-bond donors (Lipinski definition) is 0. The Morgan fingerprint density at radius 1 is 1.41 bits per heavy atom. The van der Waals surface area contributed by atoms with Gasteiger partial charge < -0.3 is 4.74 Å². The van der Waals surface area contributed by atoms with Crippen molar-refractivity contribution in [2.24, 2.45) is 0 Å². The molecule has 1 aromatic rings. The molecule has 0 aliphatic carbocycles. The van der Waals surface area contributed by atoms with Gasteiger partial charge in [0, 0.05) is 18.9 Å². The van der Waals surface area contributed by atoms with E-state index in [1.54, 1.807) is 24.5 Å². The van der Waals surface area contributed by atoms with Gasteiger partial charge in [-0.15, -0.1) is 0 Å². The molecule has 5 nitrogen and oxygen atoms in total. The van der Waals surface area contributed by atoms with Crippen molar-refractivity contribution in [3.8, 4) is 5.75 Å². The van der Waals surface area contributed by atoms with E-state index in [0.29, 0.717) is 13.1 Å². The zero-order valence-electron chi connectivity index (χ0n) is 9.74. The third-order valence-corrected chi connectivity index (χ3v) is 4.03. The van der Waals surface area contributed by atoms with E-state index in [-0.39, 0.29) is 6.10 Å². The lowest BCUT2D eigenvalue weighted by Gasteiger charge is -2.31. The van der Waals surface area contributed by atoms with Gasteiger partial charge in [-0.3, -0.25) is 4.98 Å². The van der Waals surface area contributed by atoms with E-state index < -0.39 is 10.0 Å². The number of nitrogens with zero attached hydrogens (tertiary/aromatic N) is 2. The molecule has 0 spiro atoms. The predicted octanol–water partition coefficient (Wildman–Crippen LogP) is 0.884. The number of sulfonamides is 1. The summed E-state index contributed by atoms with van der Waals surface area (Å²) in [6, 6.07) is 3.55. The minimum atomic E-state index is -3.11. The van der Waals surface area contributed by atoms with E-state index in [1.165, 1.54) is 10.6 Å². The first kappa shape index (κ1) is 12.3. The number of aromatic nitrogens is 1. The minimum absolute atomic E-state index is 0.0686. The van der Waals surface area contributed by atoms with Crippen LogP contribution in [0.2, 0.25) is 0 Å². The summed E-state index contributed by atoms with van der Waals surface area (Å²) in [5.41, 5.74) is 0. The Labute approximate surface area is 101 Å². The molecular formula is C11H16N2O3S. The topological polar surface area (TPSA) is 59.5 Å². The van der Waals surface area contributed by atoms with Crippen molar-refractivity contribution < 1.29 is 13.2 Å². The van der Waals surface area contributed by atoms with Gasteiger partial charge in [0.15, 0.2) is 0 Å². The molecule has 0 bridgehead atoms. The minimum Gasteiger partial charge on any atom is -0.489 e. The molecule has 1 unspecified atom stereocenters. The van der Waals surface area contributed by atoms with Crippen molar-refractivity contribution in [3.63, 3.8) is 0 Å². The fraction of sp³-hybridized carbons (Fsp3) is 0.545. The van der Waals surface area contributed by atoms with E-state index >= 15 is 0 Å². The van der Waals surface area contributed by atoms with Crippen LogP contribution >= 0.6 is 0 Å². The van der Waals surface area contributed by atoms with Crippen molar-refractivity contribution in [2.45, 2.75) is 18.9 Å². The fourth-order valence-corrected chi connectivity index (χ4v) is 2.81. The monoisotopic (exact) mass is 256 g/mol. The van der Waals surface area contributed by atoms with E-state index in [0.717, 1.165) is 18.6 Å². The smallest absolute Gasteiger partial charge is 0.211 e. The molecule has 1 atom stereocenters. The van der Waals surface area contributed by atoms with Crippen LogP contribution in [0.25, 0.3) is 0 Å². The summed E-state index contributed by atoms with van der Waals surface area (Å²) in [6.07, 6.45) is 6.21. The Kier molecular flexibility index (Phi) is 3.63. The average molecular weight is 256 g/mol. The van der Waals surface area contributed by atoms with Gasteiger partial charge in [0.05, 0.1) is 12.8 Å². The first-order chi connectivity index (χ1) is 8.05. The molecule has 1 saturated heterocycles. The maximum atomic E-state index is 11.4. The van der Waals surface area contributed by atoms with Crippen LogP contribution in [-0.4, -0.2) is 43.2 Å². The van der Waals surface area contributed by atoms with Crippen LogP contribution < -0.4 is 4.74 Å². The third-order valence-electron chi connectivity index (χ3n) is 2.76. The van der Waals surface area contributed by atoms with Crippen LogP contribution in [0.5, 0.6) is 5.75 Å². The molecule has 1 aliphatic rings. The van der Waals surface area contributed by atoms with Crippen molar-refractivity contribution in [1.82, 2.24) is 9.29 Å². The van der Waals surface area contributed by atoms with E-state index in [1.807, 2.05) is 0 Å². The van der Waals surface area contributed by atoms with Crippen LogP contribution in [0.4, 0.5) is 0 Å². The van der Waals surface area contributed by atoms with E-state index in [2.05, 4.69) is 4.98 Å². The normalized spacial score (nSPS) is 22.3. The molecule has 2 rings (SSSR count). The summed E-state index contributed by atoms with van der Waals surface area (Å²) in [5, 5.41) is 0. The Bertz CT molecular complexity index is 461. The summed E-state index contributed by atoms with van der Waals surface area (Å²) < 4.78 is 30.1. The lowest BCUT2D eigenvalue weighted by atomic mass is 10.1. The largest absolute Gasteiger partial charge is 0.489 e. The molecule has 6 heteroatoms. The number of ether oxygens (including phenoxy) is 1.